The number of aryl methyl sites for hydroxylation is 6. The largest absolute Gasteiger partial charge is 0.330 e. The van der Waals surface area contributed by atoms with E-state index in [2.05, 4.69) is 36.3 Å². The molecular formula is C26H37N5O3. The van der Waals surface area contributed by atoms with Gasteiger partial charge in [0, 0.05) is 31.6 Å². The van der Waals surface area contributed by atoms with Crippen molar-refractivity contribution in [1.82, 2.24) is 19.1 Å². The molecule has 0 aliphatic heterocycles. The SMILES string of the molecule is CCCCCn1c(CCC(=O)Nc2c(C)cc(C)cc2C)nc2c1c(=O)[nH]c(=O)n2CCCC. The molecule has 0 radical (unpaired) electrons. The van der Waals surface area contributed by atoms with Crippen LogP contribution in [0.1, 0.15) is 74.9 Å². The Morgan fingerprint density at radius 2 is 1.62 bits per heavy atom. The Morgan fingerprint density at radius 1 is 0.971 bits per heavy atom. The lowest BCUT2D eigenvalue weighted by molar-refractivity contribution is -0.116. The normalized spacial score (nSPS) is 11.3. The number of benzene rings is 1. The molecule has 2 N–H and O–H groups in total. The number of carbonyl (C=O) groups is 1. The Kier molecular flexibility index (Phi) is 8.47. The van der Waals surface area contributed by atoms with Crippen molar-refractivity contribution in [2.24, 2.45) is 0 Å². The zero-order valence-electron chi connectivity index (χ0n) is 21.1. The number of hydrogen-bond donors (Lipinski definition) is 2. The molecule has 34 heavy (non-hydrogen) atoms. The summed E-state index contributed by atoms with van der Waals surface area (Å²) >= 11 is 0. The fraction of sp³-hybridized carbons (Fsp3) is 0.538. The molecule has 8 nitrogen and oxygen atoms in total. The monoisotopic (exact) mass is 467 g/mol. The number of H-pyrrole nitrogens is 1. The van der Waals surface area contributed by atoms with Gasteiger partial charge in [-0.1, -0.05) is 50.8 Å². The van der Waals surface area contributed by atoms with Crippen molar-refractivity contribution in [3.05, 3.63) is 55.5 Å². The first-order valence-electron chi connectivity index (χ1n) is 12.4. The predicted octanol–water partition coefficient (Wildman–Crippen LogP) is 4.37. The standard InChI is InChI=1S/C26H37N5O3/c1-6-8-10-14-30-20(11-12-21(32)28-22-18(4)15-17(3)16-19(22)5)27-24-23(30)25(33)29-26(34)31(24)13-9-7-2/h15-16H,6-14H2,1-5H3,(H,28,32)(H,29,33,34). The van der Waals surface area contributed by atoms with E-state index in [1.807, 2.05) is 25.3 Å². The summed E-state index contributed by atoms with van der Waals surface area (Å²) in [5, 5.41) is 3.04. The van der Waals surface area contributed by atoms with Crippen molar-refractivity contribution >= 4 is 22.8 Å². The summed E-state index contributed by atoms with van der Waals surface area (Å²) in [6.07, 6.45) is 5.34. The lowest BCUT2D eigenvalue weighted by Gasteiger charge is -2.13. The molecule has 0 bridgehead atoms. The second-order valence-corrected chi connectivity index (χ2v) is 9.15. The molecule has 0 saturated heterocycles. The van der Waals surface area contributed by atoms with Crippen LogP contribution < -0.4 is 16.6 Å². The van der Waals surface area contributed by atoms with E-state index in [1.165, 1.54) is 0 Å². The Labute approximate surface area is 200 Å². The van der Waals surface area contributed by atoms with E-state index in [0.717, 1.165) is 54.5 Å². The first-order chi connectivity index (χ1) is 16.3. The zero-order chi connectivity index (χ0) is 24.8. The fourth-order valence-electron chi connectivity index (χ4n) is 4.50. The average Bonchev–Trinajstić information content (AvgIpc) is 3.13. The number of imidazole rings is 1. The third-order valence-corrected chi connectivity index (χ3v) is 6.20. The maximum atomic E-state index is 12.8. The number of unbranched alkanes of at least 4 members (excludes halogenated alkanes) is 3. The maximum absolute atomic E-state index is 12.8. The summed E-state index contributed by atoms with van der Waals surface area (Å²) < 4.78 is 3.46. The van der Waals surface area contributed by atoms with Gasteiger partial charge in [-0.15, -0.1) is 0 Å². The van der Waals surface area contributed by atoms with Crippen molar-refractivity contribution in [2.75, 3.05) is 5.32 Å². The van der Waals surface area contributed by atoms with Crippen LogP contribution in [0, 0.1) is 20.8 Å². The molecule has 3 rings (SSSR count). The van der Waals surface area contributed by atoms with Gasteiger partial charge in [0.05, 0.1) is 0 Å². The molecule has 1 aromatic carbocycles. The average molecular weight is 468 g/mol. The summed E-state index contributed by atoms with van der Waals surface area (Å²) in [4.78, 5) is 45.3. The number of aromatic amines is 1. The van der Waals surface area contributed by atoms with Crippen LogP contribution in [0.15, 0.2) is 21.7 Å². The molecule has 0 unspecified atom stereocenters. The Morgan fingerprint density at radius 3 is 2.26 bits per heavy atom. The Bertz CT molecular complexity index is 1260. The van der Waals surface area contributed by atoms with E-state index >= 15 is 0 Å². The molecule has 0 aliphatic rings. The smallest absolute Gasteiger partial charge is 0.326 e. The van der Waals surface area contributed by atoms with Crippen LogP contribution in [0.3, 0.4) is 0 Å². The van der Waals surface area contributed by atoms with Gasteiger partial charge < -0.3 is 9.88 Å². The van der Waals surface area contributed by atoms with Crippen LogP contribution in [0.2, 0.25) is 0 Å². The number of amides is 1. The predicted molar refractivity (Wildman–Crippen MR) is 137 cm³/mol. The minimum absolute atomic E-state index is 0.0977. The molecule has 0 saturated carbocycles. The quantitative estimate of drug-likeness (QED) is 0.409. The number of fused-ring (bicyclic) bond motifs is 1. The third-order valence-electron chi connectivity index (χ3n) is 6.20. The van der Waals surface area contributed by atoms with Gasteiger partial charge in [-0.3, -0.25) is 19.1 Å². The Hall–Kier alpha value is -3.16. The zero-order valence-corrected chi connectivity index (χ0v) is 21.1. The van der Waals surface area contributed by atoms with Gasteiger partial charge in [0.1, 0.15) is 5.82 Å². The van der Waals surface area contributed by atoms with Gasteiger partial charge in [0.2, 0.25) is 5.91 Å². The highest BCUT2D eigenvalue weighted by Crippen LogP contribution is 2.22. The number of nitrogens with one attached hydrogen (secondary N) is 2. The van der Waals surface area contributed by atoms with E-state index in [0.29, 0.717) is 36.5 Å². The molecule has 1 amide bonds. The number of carbonyl (C=O) groups excluding carboxylic acids is 1. The van der Waals surface area contributed by atoms with Gasteiger partial charge in [-0.25, -0.2) is 9.78 Å². The van der Waals surface area contributed by atoms with Crippen LogP contribution in [0.25, 0.3) is 11.2 Å². The number of aromatic nitrogens is 4. The van der Waals surface area contributed by atoms with Crippen LogP contribution in [-0.2, 0) is 24.3 Å². The van der Waals surface area contributed by atoms with Crippen molar-refractivity contribution in [3.63, 3.8) is 0 Å². The molecule has 184 valence electrons. The molecule has 8 heteroatoms. The van der Waals surface area contributed by atoms with Gasteiger partial charge in [0.15, 0.2) is 11.2 Å². The van der Waals surface area contributed by atoms with Gasteiger partial charge >= 0.3 is 5.69 Å². The first-order valence-corrected chi connectivity index (χ1v) is 12.4. The first kappa shape index (κ1) is 25.5. The molecule has 3 aromatic rings. The Balaban J connectivity index is 1.91. The lowest BCUT2D eigenvalue weighted by atomic mass is 10.0. The van der Waals surface area contributed by atoms with Gasteiger partial charge in [0.25, 0.3) is 5.56 Å². The highest BCUT2D eigenvalue weighted by Gasteiger charge is 2.19. The summed E-state index contributed by atoms with van der Waals surface area (Å²) in [6, 6.07) is 4.11. The van der Waals surface area contributed by atoms with Crippen molar-refractivity contribution < 1.29 is 4.79 Å². The maximum Gasteiger partial charge on any atom is 0.330 e. The van der Waals surface area contributed by atoms with Crippen molar-refractivity contribution in [1.29, 1.82) is 0 Å². The molecule has 0 aliphatic carbocycles. The second kappa shape index (κ2) is 11.3. The highest BCUT2D eigenvalue weighted by molar-refractivity contribution is 5.92. The second-order valence-electron chi connectivity index (χ2n) is 9.15. The summed E-state index contributed by atoms with van der Waals surface area (Å²) in [5.74, 6) is 0.569. The molecule has 2 heterocycles. The third kappa shape index (κ3) is 5.66. The molecule has 0 atom stereocenters. The molecule has 0 spiro atoms. The van der Waals surface area contributed by atoms with Crippen LogP contribution in [-0.4, -0.2) is 25.0 Å². The van der Waals surface area contributed by atoms with E-state index in [1.54, 1.807) is 4.57 Å². The van der Waals surface area contributed by atoms with Crippen LogP contribution in [0.4, 0.5) is 5.69 Å². The van der Waals surface area contributed by atoms with Crippen molar-refractivity contribution in [3.8, 4) is 0 Å². The van der Waals surface area contributed by atoms with E-state index in [4.69, 9.17) is 4.98 Å². The highest BCUT2D eigenvalue weighted by atomic mass is 16.2. The fourth-order valence-corrected chi connectivity index (χ4v) is 4.50. The van der Waals surface area contributed by atoms with E-state index < -0.39 is 11.2 Å². The summed E-state index contributed by atoms with van der Waals surface area (Å²) in [5.41, 5.74) is 4.06. The van der Waals surface area contributed by atoms with Crippen LogP contribution in [0.5, 0.6) is 0 Å². The topological polar surface area (TPSA) is 102 Å². The minimum atomic E-state index is -0.432. The van der Waals surface area contributed by atoms with Gasteiger partial charge in [-0.2, -0.15) is 0 Å². The number of nitrogens with zero attached hydrogens (tertiary/aromatic N) is 3. The van der Waals surface area contributed by atoms with E-state index in [9.17, 15) is 14.4 Å². The summed E-state index contributed by atoms with van der Waals surface area (Å²) in [6.45, 7) is 11.3. The molecular weight excluding hydrogens is 430 g/mol. The lowest BCUT2D eigenvalue weighted by Crippen LogP contribution is -2.31. The van der Waals surface area contributed by atoms with Gasteiger partial charge in [-0.05, 0) is 44.7 Å². The van der Waals surface area contributed by atoms with Crippen molar-refractivity contribution in [2.45, 2.75) is 92.7 Å². The number of hydrogen-bond acceptors (Lipinski definition) is 4. The number of rotatable bonds is 11. The van der Waals surface area contributed by atoms with E-state index in [-0.39, 0.29) is 12.3 Å². The molecule has 2 aromatic heterocycles. The summed E-state index contributed by atoms with van der Waals surface area (Å²) in [7, 11) is 0. The minimum Gasteiger partial charge on any atom is -0.326 e. The molecule has 0 fully saturated rings. The van der Waals surface area contributed by atoms with Crippen LogP contribution >= 0.6 is 0 Å². The number of anilines is 1.